The first-order chi connectivity index (χ1) is 14.0. The molecule has 2 aromatic carbocycles. The molecule has 0 radical (unpaired) electrons. The summed E-state index contributed by atoms with van der Waals surface area (Å²) in [7, 11) is 0. The third-order valence-corrected chi connectivity index (χ3v) is 6.97. The molecule has 150 valence electrons. The van der Waals surface area contributed by atoms with E-state index in [9.17, 15) is 9.90 Å². The van der Waals surface area contributed by atoms with Crippen molar-refractivity contribution in [3.05, 3.63) is 63.5 Å². The molecule has 4 nitrogen and oxygen atoms in total. The number of para-hydroxylation sites is 1. The Morgan fingerprint density at radius 2 is 1.93 bits per heavy atom. The van der Waals surface area contributed by atoms with Gasteiger partial charge in [0.15, 0.2) is 5.17 Å². The minimum Gasteiger partial charge on any atom is -0.507 e. The van der Waals surface area contributed by atoms with Gasteiger partial charge in [0.05, 0.1) is 10.6 Å². The van der Waals surface area contributed by atoms with Gasteiger partial charge in [0.25, 0.3) is 5.91 Å². The van der Waals surface area contributed by atoms with Crippen molar-refractivity contribution in [3.8, 4) is 5.75 Å². The molecule has 2 fully saturated rings. The van der Waals surface area contributed by atoms with Crippen molar-refractivity contribution in [1.29, 1.82) is 0 Å². The van der Waals surface area contributed by atoms with Crippen LogP contribution in [-0.2, 0) is 4.79 Å². The van der Waals surface area contributed by atoms with E-state index in [1.165, 1.54) is 18.2 Å². The lowest BCUT2D eigenvalue weighted by atomic mass is 9.85. The van der Waals surface area contributed by atoms with Crippen LogP contribution < -0.4 is 0 Å². The number of thioether (sulfide) groups is 1. The number of hydrogen-bond acceptors (Lipinski definition) is 4. The van der Waals surface area contributed by atoms with Crippen LogP contribution in [0.15, 0.2) is 62.9 Å². The molecule has 4 rings (SSSR count). The van der Waals surface area contributed by atoms with E-state index in [2.05, 4.69) is 22.9 Å². The Morgan fingerprint density at radius 3 is 2.69 bits per heavy atom. The molecule has 1 N–H and O–H groups in total. The number of carbonyl (C=O) groups excluding carboxylic acids is 1. The molecule has 1 saturated heterocycles. The molecule has 29 heavy (non-hydrogen) atoms. The molecule has 0 aromatic heterocycles. The van der Waals surface area contributed by atoms with E-state index in [1.54, 1.807) is 18.2 Å². The van der Waals surface area contributed by atoms with Gasteiger partial charge < -0.3 is 5.11 Å². The lowest BCUT2D eigenvalue weighted by molar-refractivity contribution is -0.124. The van der Waals surface area contributed by atoms with Gasteiger partial charge in [0.2, 0.25) is 0 Å². The molecule has 1 heterocycles. The zero-order valence-electron chi connectivity index (χ0n) is 16.2. The van der Waals surface area contributed by atoms with Crippen molar-refractivity contribution in [2.24, 2.45) is 10.9 Å². The summed E-state index contributed by atoms with van der Waals surface area (Å²) in [6.07, 6.45) is 6.24. The third kappa shape index (κ3) is 4.43. The topological polar surface area (TPSA) is 52.9 Å². The van der Waals surface area contributed by atoms with Crippen molar-refractivity contribution in [2.75, 3.05) is 0 Å². The number of phenolic OH excluding ortho intramolecular Hbond substituents is 1. The van der Waals surface area contributed by atoms with Crippen LogP contribution >= 0.6 is 27.7 Å². The molecule has 0 bridgehead atoms. The standard InChI is InChI=1S/C23H23BrN2O2S/c1-15-7-5-6-10-19(15)26-22(28)21(14-16-13-17(24)11-12-20(16)27)29-23(26)25-18-8-3-2-4-9-18/h2-4,8-9,11-15,19,27H,5-7,10H2,1H3/b21-14-,25-23?/t15-,19-/m0/s1. The number of aliphatic imine (C=N–C) groups is 1. The molecule has 0 unspecified atom stereocenters. The number of amides is 1. The van der Waals surface area contributed by atoms with Gasteiger partial charge >= 0.3 is 0 Å². The summed E-state index contributed by atoms with van der Waals surface area (Å²) in [5.74, 6) is 0.566. The van der Waals surface area contributed by atoms with Crippen LogP contribution in [0, 0.1) is 5.92 Å². The van der Waals surface area contributed by atoms with Gasteiger partial charge in [-0.15, -0.1) is 0 Å². The molecule has 1 saturated carbocycles. The van der Waals surface area contributed by atoms with Gasteiger partial charge in [-0.25, -0.2) is 4.99 Å². The predicted octanol–water partition coefficient (Wildman–Crippen LogP) is 6.34. The van der Waals surface area contributed by atoms with Gasteiger partial charge in [-0.3, -0.25) is 9.69 Å². The minimum atomic E-state index is -0.0252. The average molecular weight is 471 g/mol. The lowest BCUT2D eigenvalue weighted by Crippen LogP contribution is -2.44. The minimum absolute atomic E-state index is 0.0252. The van der Waals surface area contributed by atoms with Crippen LogP contribution in [0.5, 0.6) is 5.75 Å². The summed E-state index contributed by atoms with van der Waals surface area (Å²) >= 11 is 4.82. The van der Waals surface area contributed by atoms with E-state index in [-0.39, 0.29) is 17.7 Å². The van der Waals surface area contributed by atoms with E-state index >= 15 is 0 Å². The highest BCUT2D eigenvalue weighted by atomic mass is 79.9. The second-order valence-electron chi connectivity index (χ2n) is 7.55. The number of amidine groups is 1. The van der Waals surface area contributed by atoms with Crippen LogP contribution in [0.4, 0.5) is 5.69 Å². The zero-order chi connectivity index (χ0) is 20.4. The zero-order valence-corrected chi connectivity index (χ0v) is 18.6. The Hall–Kier alpha value is -2.05. The Kier molecular flexibility index (Phi) is 6.11. The molecule has 1 amide bonds. The van der Waals surface area contributed by atoms with Gasteiger partial charge in [-0.1, -0.05) is 53.9 Å². The smallest absolute Gasteiger partial charge is 0.267 e. The summed E-state index contributed by atoms with van der Waals surface area (Å²) in [4.78, 5) is 20.7. The van der Waals surface area contributed by atoms with E-state index < -0.39 is 0 Å². The van der Waals surface area contributed by atoms with E-state index in [0.29, 0.717) is 16.4 Å². The average Bonchev–Trinajstić information content (AvgIpc) is 3.01. The molecule has 2 aliphatic rings. The first kappa shape index (κ1) is 20.2. The largest absolute Gasteiger partial charge is 0.507 e. The fourth-order valence-electron chi connectivity index (χ4n) is 3.93. The van der Waals surface area contributed by atoms with E-state index in [0.717, 1.165) is 34.6 Å². The van der Waals surface area contributed by atoms with Crippen LogP contribution in [0.2, 0.25) is 0 Å². The number of benzene rings is 2. The first-order valence-corrected chi connectivity index (χ1v) is 11.5. The second kappa shape index (κ2) is 8.76. The Bertz CT molecular complexity index is 974. The molecule has 2 atom stereocenters. The monoisotopic (exact) mass is 470 g/mol. The van der Waals surface area contributed by atoms with Crippen molar-refractivity contribution in [1.82, 2.24) is 4.90 Å². The first-order valence-electron chi connectivity index (χ1n) is 9.88. The van der Waals surface area contributed by atoms with Crippen LogP contribution in [0.1, 0.15) is 38.2 Å². The summed E-state index contributed by atoms with van der Waals surface area (Å²) in [6.45, 7) is 2.23. The Morgan fingerprint density at radius 1 is 1.17 bits per heavy atom. The molecule has 0 spiro atoms. The summed E-state index contributed by atoms with van der Waals surface area (Å²) in [5.41, 5.74) is 1.45. The van der Waals surface area contributed by atoms with Crippen LogP contribution in [0.25, 0.3) is 6.08 Å². The normalized spacial score (nSPS) is 25.2. The number of halogens is 1. The Balaban J connectivity index is 1.74. The summed E-state index contributed by atoms with van der Waals surface area (Å²) in [6, 6.07) is 15.1. The van der Waals surface area contributed by atoms with Gasteiger partial charge in [0.1, 0.15) is 5.75 Å². The lowest BCUT2D eigenvalue weighted by Gasteiger charge is -2.35. The third-order valence-electron chi connectivity index (χ3n) is 5.49. The maximum absolute atomic E-state index is 13.4. The van der Waals surface area contributed by atoms with Crippen molar-refractivity contribution >= 4 is 50.5 Å². The second-order valence-corrected chi connectivity index (χ2v) is 9.47. The number of carbonyl (C=O) groups is 1. The predicted molar refractivity (Wildman–Crippen MR) is 123 cm³/mol. The number of phenols is 1. The van der Waals surface area contributed by atoms with Crippen LogP contribution in [-0.4, -0.2) is 27.1 Å². The fourth-order valence-corrected chi connectivity index (χ4v) is 5.35. The molecule has 2 aromatic rings. The van der Waals surface area contributed by atoms with Gasteiger partial charge in [0, 0.05) is 16.1 Å². The molecule has 6 heteroatoms. The molecular formula is C23H23BrN2O2S. The van der Waals surface area contributed by atoms with Crippen molar-refractivity contribution < 1.29 is 9.90 Å². The highest BCUT2D eigenvalue weighted by Crippen LogP contribution is 2.40. The maximum atomic E-state index is 13.4. The number of rotatable bonds is 3. The highest BCUT2D eigenvalue weighted by molar-refractivity contribution is 9.10. The maximum Gasteiger partial charge on any atom is 0.267 e. The van der Waals surface area contributed by atoms with Crippen molar-refractivity contribution in [3.63, 3.8) is 0 Å². The van der Waals surface area contributed by atoms with E-state index in [1.807, 2.05) is 41.3 Å². The van der Waals surface area contributed by atoms with Crippen molar-refractivity contribution in [2.45, 2.75) is 38.6 Å². The molecule has 1 aliphatic carbocycles. The highest BCUT2D eigenvalue weighted by Gasteiger charge is 2.41. The number of nitrogens with zero attached hydrogens (tertiary/aromatic N) is 2. The summed E-state index contributed by atoms with van der Waals surface area (Å²) in [5, 5.41) is 10.9. The van der Waals surface area contributed by atoms with Gasteiger partial charge in [-0.05, 0) is 66.9 Å². The van der Waals surface area contributed by atoms with Crippen LogP contribution in [0.3, 0.4) is 0 Å². The SMILES string of the molecule is C[C@H]1CCCC[C@@H]1N1C(=O)/C(=C/c2cc(Br)ccc2O)SC1=Nc1ccccc1. The quantitative estimate of drug-likeness (QED) is 0.532. The summed E-state index contributed by atoms with van der Waals surface area (Å²) < 4.78 is 0.855. The van der Waals surface area contributed by atoms with E-state index in [4.69, 9.17) is 4.99 Å². The fraction of sp³-hybridized carbons (Fsp3) is 0.304. The number of aromatic hydroxyl groups is 1. The van der Waals surface area contributed by atoms with Gasteiger partial charge in [-0.2, -0.15) is 0 Å². The molecule has 1 aliphatic heterocycles. The Labute approximate surface area is 183 Å². The molecular weight excluding hydrogens is 448 g/mol. The number of hydrogen-bond donors (Lipinski definition) is 1.